The summed E-state index contributed by atoms with van der Waals surface area (Å²) in [6.45, 7) is 1.91. The van der Waals surface area contributed by atoms with Gasteiger partial charge in [-0.25, -0.2) is 4.39 Å². The van der Waals surface area contributed by atoms with E-state index in [1.807, 2.05) is 0 Å². The average molecular weight is 283 g/mol. The zero-order valence-electron chi connectivity index (χ0n) is 10.8. The average Bonchev–Trinajstić information content (AvgIpc) is 2.39. The van der Waals surface area contributed by atoms with E-state index >= 15 is 0 Å². The third kappa shape index (κ3) is 3.50. The van der Waals surface area contributed by atoms with Gasteiger partial charge >= 0.3 is 6.18 Å². The highest BCUT2D eigenvalue weighted by Crippen LogP contribution is 2.30. The van der Waals surface area contributed by atoms with Crippen molar-refractivity contribution in [3.63, 3.8) is 0 Å². The number of anilines is 1. The Morgan fingerprint density at radius 2 is 1.80 bits per heavy atom. The summed E-state index contributed by atoms with van der Waals surface area (Å²) in [5, 5.41) is 2.85. The van der Waals surface area contributed by atoms with Gasteiger partial charge < -0.3 is 5.32 Å². The number of nitrogens with one attached hydrogen (secondary N) is 1. The molecule has 0 aliphatic carbocycles. The monoisotopic (exact) mass is 283 g/mol. The molecule has 0 saturated heterocycles. The maximum atomic E-state index is 13.3. The Morgan fingerprint density at radius 1 is 1.05 bits per heavy atom. The van der Waals surface area contributed by atoms with Gasteiger partial charge in [0.25, 0.3) is 0 Å². The fourth-order valence-corrected chi connectivity index (χ4v) is 1.76. The second kappa shape index (κ2) is 5.53. The molecule has 0 bridgehead atoms. The molecule has 0 heterocycles. The summed E-state index contributed by atoms with van der Waals surface area (Å²) >= 11 is 0. The Balaban J connectivity index is 2.09. The van der Waals surface area contributed by atoms with Crippen LogP contribution in [0.4, 0.5) is 23.2 Å². The van der Waals surface area contributed by atoms with Crippen molar-refractivity contribution >= 4 is 5.69 Å². The van der Waals surface area contributed by atoms with Gasteiger partial charge in [-0.15, -0.1) is 0 Å². The molecule has 1 nitrogen and oxygen atoms in total. The van der Waals surface area contributed by atoms with Crippen LogP contribution in [-0.4, -0.2) is 0 Å². The van der Waals surface area contributed by atoms with E-state index in [-0.39, 0.29) is 12.4 Å². The van der Waals surface area contributed by atoms with Crippen LogP contribution >= 0.6 is 0 Å². The Hall–Kier alpha value is -2.04. The van der Waals surface area contributed by atoms with E-state index in [1.54, 1.807) is 25.1 Å². The summed E-state index contributed by atoms with van der Waals surface area (Å²) in [6.07, 6.45) is -4.37. The highest BCUT2D eigenvalue weighted by atomic mass is 19.4. The molecule has 2 aromatic carbocycles. The predicted octanol–water partition coefficient (Wildman–Crippen LogP) is 4.77. The second-order valence-corrected chi connectivity index (χ2v) is 4.52. The molecule has 0 amide bonds. The first-order valence-corrected chi connectivity index (χ1v) is 6.02. The molecule has 0 aliphatic rings. The van der Waals surface area contributed by atoms with Gasteiger partial charge in [0, 0.05) is 12.2 Å². The van der Waals surface area contributed by atoms with Crippen molar-refractivity contribution < 1.29 is 17.6 Å². The maximum Gasteiger partial charge on any atom is 0.416 e. The largest absolute Gasteiger partial charge is 0.416 e. The van der Waals surface area contributed by atoms with E-state index in [4.69, 9.17) is 0 Å². The topological polar surface area (TPSA) is 12.0 Å². The standard InChI is InChI=1S/C15H13F4N/c1-10-5-6-11(7-14(10)16)9-20-13-4-2-3-12(8-13)15(17,18)19/h2-8,20H,9H2,1H3. The Labute approximate surface area is 114 Å². The lowest BCUT2D eigenvalue weighted by molar-refractivity contribution is -0.137. The fraction of sp³-hybridized carbons (Fsp3) is 0.200. The van der Waals surface area contributed by atoms with Crippen molar-refractivity contribution in [3.05, 3.63) is 65.0 Å². The SMILES string of the molecule is Cc1ccc(CNc2cccc(C(F)(F)F)c2)cc1F. The van der Waals surface area contributed by atoms with Gasteiger partial charge in [-0.1, -0.05) is 18.2 Å². The molecule has 0 saturated carbocycles. The number of rotatable bonds is 3. The summed E-state index contributed by atoms with van der Waals surface area (Å²) < 4.78 is 51.0. The molecule has 2 rings (SSSR count). The summed E-state index contributed by atoms with van der Waals surface area (Å²) in [7, 11) is 0. The molecule has 0 aliphatic heterocycles. The van der Waals surface area contributed by atoms with E-state index < -0.39 is 11.7 Å². The van der Waals surface area contributed by atoms with Gasteiger partial charge in [0.2, 0.25) is 0 Å². The zero-order valence-corrected chi connectivity index (χ0v) is 10.8. The summed E-state index contributed by atoms with van der Waals surface area (Å²) in [5.41, 5.74) is 0.844. The van der Waals surface area contributed by atoms with Crippen molar-refractivity contribution in [1.82, 2.24) is 0 Å². The van der Waals surface area contributed by atoms with Crippen LogP contribution in [0.3, 0.4) is 0 Å². The Kier molecular flexibility index (Phi) is 3.97. The van der Waals surface area contributed by atoms with Gasteiger partial charge in [-0.05, 0) is 42.3 Å². The van der Waals surface area contributed by atoms with Crippen LogP contribution in [0.2, 0.25) is 0 Å². The normalized spacial score (nSPS) is 11.4. The van der Waals surface area contributed by atoms with E-state index in [0.29, 0.717) is 16.8 Å². The van der Waals surface area contributed by atoms with Crippen LogP contribution in [0.15, 0.2) is 42.5 Å². The van der Waals surface area contributed by atoms with Crippen LogP contribution < -0.4 is 5.32 Å². The third-order valence-corrected chi connectivity index (χ3v) is 2.92. The highest BCUT2D eigenvalue weighted by molar-refractivity contribution is 5.47. The first-order valence-electron chi connectivity index (χ1n) is 6.02. The van der Waals surface area contributed by atoms with Crippen molar-refractivity contribution in [1.29, 1.82) is 0 Å². The number of hydrogen-bond donors (Lipinski definition) is 1. The third-order valence-electron chi connectivity index (χ3n) is 2.92. The molecule has 5 heteroatoms. The first kappa shape index (κ1) is 14.4. The van der Waals surface area contributed by atoms with Crippen LogP contribution in [0.25, 0.3) is 0 Å². The molecule has 2 aromatic rings. The van der Waals surface area contributed by atoms with Gasteiger partial charge in [-0.3, -0.25) is 0 Å². The molecule has 1 N–H and O–H groups in total. The van der Waals surface area contributed by atoms with E-state index in [1.165, 1.54) is 12.1 Å². The van der Waals surface area contributed by atoms with Crippen molar-refractivity contribution in [2.24, 2.45) is 0 Å². The summed E-state index contributed by atoms with van der Waals surface area (Å²) in [5.74, 6) is -0.326. The van der Waals surface area contributed by atoms with Crippen LogP contribution in [0.5, 0.6) is 0 Å². The Bertz CT molecular complexity index is 605. The summed E-state index contributed by atoms with van der Waals surface area (Å²) in [6, 6.07) is 9.66. The van der Waals surface area contributed by atoms with Crippen LogP contribution in [0, 0.1) is 12.7 Å². The lowest BCUT2D eigenvalue weighted by Gasteiger charge is -2.11. The first-order chi connectivity index (χ1) is 9.36. The molecule has 0 radical (unpaired) electrons. The molecule has 106 valence electrons. The lowest BCUT2D eigenvalue weighted by atomic mass is 10.1. The van der Waals surface area contributed by atoms with Crippen molar-refractivity contribution in [2.45, 2.75) is 19.6 Å². The van der Waals surface area contributed by atoms with Crippen LogP contribution in [-0.2, 0) is 12.7 Å². The van der Waals surface area contributed by atoms with Crippen molar-refractivity contribution in [2.75, 3.05) is 5.32 Å². The van der Waals surface area contributed by atoms with Gasteiger partial charge in [0.15, 0.2) is 0 Å². The Morgan fingerprint density at radius 3 is 2.45 bits per heavy atom. The minimum absolute atomic E-state index is 0.262. The molecule has 0 spiro atoms. The number of benzene rings is 2. The number of halogens is 4. The minimum atomic E-state index is -4.37. The maximum absolute atomic E-state index is 13.3. The van der Waals surface area contributed by atoms with E-state index in [9.17, 15) is 17.6 Å². The smallest absolute Gasteiger partial charge is 0.381 e. The van der Waals surface area contributed by atoms with Gasteiger partial charge in [-0.2, -0.15) is 13.2 Å². The van der Waals surface area contributed by atoms with E-state index in [0.717, 1.165) is 12.1 Å². The molecule has 20 heavy (non-hydrogen) atoms. The number of alkyl halides is 3. The predicted molar refractivity (Wildman–Crippen MR) is 69.9 cm³/mol. The molecule has 0 atom stereocenters. The zero-order chi connectivity index (χ0) is 14.8. The second-order valence-electron chi connectivity index (χ2n) is 4.52. The van der Waals surface area contributed by atoms with E-state index in [2.05, 4.69) is 5.32 Å². The van der Waals surface area contributed by atoms with Crippen molar-refractivity contribution in [3.8, 4) is 0 Å². The molecule has 0 unspecified atom stereocenters. The molecular formula is C15H13F4N. The summed E-state index contributed by atoms with van der Waals surface area (Å²) in [4.78, 5) is 0. The number of hydrogen-bond acceptors (Lipinski definition) is 1. The lowest BCUT2D eigenvalue weighted by Crippen LogP contribution is -2.06. The van der Waals surface area contributed by atoms with Gasteiger partial charge in [0.05, 0.1) is 5.56 Å². The van der Waals surface area contributed by atoms with Crippen LogP contribution in [0.1, 0.15) is 16.7 Å². The molecular weight excluding hydrogens is 270 g/mol. The molecule has 0 fully saturated rings. The quantitative estimate of drug-likeness (QED) is 0.800. The minimum Gasteiger partial charge on any atom is -0.381 e. The molecule has 0 aromatic heterocycles. The number of aryl methyl sites for hydroxylation is 1. The highest BCUT2D eigenvalue weighted by Gasteiger charge is 2.30. The fourth-order valence-electron chi connectivity index (χ4n) is 1.76. The van der Waals surface area contributed by atoms with Gasteiger partial charge in [0.1, 0.15) is 5.82 Å².